The van der Waals surface area contributed by atoms with Crippen LogP contribution in [0.5, 0.6) is 5.75 Å². The highest BCUT2D eigenvalue weighted by atomic mass is 79.9. The van der Waals surface area contributed by atoms with Crippen molar-refractivity contribution in [3.8, 4) is 11.8 Å². The number of carbonyl (C=O) groups is 1. The molecule has 0 radical (unpaired) electrons. The van der Waals surface area contributed by atoms with Crippen LogP contribution in [0, 0.1) is 11.3 Å². The molecule has 0 bridgehead atoms. The van der Waals surface area contributed by atoms with Crippen molar-refractivity contribution in [3.05, 3.63) is 27.7 Å². The predicted octanol–water partition coefficient (Wildman–Crippen LogP) is 2.43. The van der Waals surface area contributed by atoms with E-state index in [2.05, 4.69) is 15.9 Å². The van der Waals surface area contributed by atoms with Gasteiger partial charge in [-0.1, -0.05) is 6.07 Å². The largest absolute Gasteiger partial charge is 0.495 e. The highest BCUT2D eigenvalue weighted by molar-refractivity contribution is 9.10. The first-order valence-corrected chi connectivity index (χ1v) is 5.84. The Hall–Kier alpha value is -1.54. The molecule has 0 N–H and O–H groups in total. The van der Waals surface area contributed by atoms with Gasteiger partial charge in [-0.05, 0) is 34.5 Å². The molecule has 0 amide bonds. The Morgan fingerprint density at radius 1 is 1.53 bits per heavy atom. The van der Waals surface area contributed by atoms with E-state index >= 15 is 0 Å². The van der Waals surface area contributed by atoms with Crippen molar-refractivity contribution >= 4 is 21.9 Å². The maximum atomic E-state index is 11.4. The number of rotatable bonds is 4. The highest BCUT2D eigenvalue weighted by Gasteiger charge is 2.14. The van der Waals surface area contributed by atoms with E-state index < -0.39 is 0 Å². The lowest BCUT2D eigenvalue weighted by atomic mass is 10.1. The molecule has 0 aliphatic heterocycles. The smallest absolute Gasteiger partial charge is 0.310 e. The van der Waals surface area contributed by atoms with E-state index in [1.54, 1.807) is 19.1 Å². The first-order valence-electron chi connectivity index (χ1n) is 5.05. The fraction of sp³-hybridized carbons (Fsp3) is 0.333. The first kappa shape index (κ1) is 13.5. The molecule has 0 spiro atoms. The average Bonchev–Trinajstić information content (AvgIpc) is 2.31. The SMILES string of the molecule is CCOC(=O)Cc1ccc(OC)c(C#N)c1Br. The second kappa shape index (κ2) is 6.26. The summed E-state index contributed by atoms with van der Waals surface area (Å²) in [6.45, 7) is 2.10. The van der Waals surface area contributed by atoms with Gasteiger partial charge in [0, 0.05) is 4.47 Å². The fourth-order valence-corrected chi connectivity index (χ4v) is 1.94. The summed E-state index contributed by atoms with van der Waals surface area (Å²) in [6, 6.07) is 5.44. The van der Waals surface area contributed by atoms with Gasteiger partial charge in [-0.3, -0.25) is 4.79 Å². The molecule has 0 saturated carbocycles. The summed E-state index contributed by atoms with van der Waals surface area (Å²) in [7, 11) is 1.49. The second-order valence-corrected chi connectivity index (χ2v) is 4.00. The molecule has 0 aliphatic rings. The van der Waals surface area contributed by atoms with E-state index in [4.69, 9.17) is 14.7 Å². The Morgan fingerprint density at radius 2 is 2.24 bits per heavy atom. The molecule has 1 aromatic rings. The van der Waals surface area contributed by atoms with Crippen molar-refractivity contribution in [1.29, 1.82) is 5.26 Å². The Balaban J connectivity index is 3.04. The van der Waals surface area contributed by atoms with Crippen molar-refractivity contribution in [2.75, 3.05) is 13.7 Å². The number of carbonyl (C=O) groups excluding carboxylic acids is 1. The van der Waals surface area contributed by atoms with Gasteiger partial charge in [0.25, 0.3) is 0 Å². The summed E-state index contributed by atoms with van der Waals surface area (Å²) in [6.07, 6.45) is 0.132. The molecule has 0 fully saturated rings. The summed E-state index contributed by atoms with van der Waals surface area (Å²) in [4.78, 5) is 11.4. The van der Waals surface area contributed by atoms with Gasteiger partial charge in [0.2, 0.25) is 0 Å². The van der Waals surface area contributed by atoms with E-state index in [-0.39, 0.29) is 12.4 Å². The molecule has 1 rings (SSSR count). The summed E-state index contributed by atoms with van der Waals surface area (Å²) in [5.41, 5.74) is 1.09. The summed E-state index contributed by atoms with van der Waals surface area (Å²) >= 11 is 3.30. The van der Waals surface area contributed by atoms with Crippen LogP contribution < -0.4 is 4.74 Å². The average molecular weight is 298 g/mol. The van der Waals surface area contributed by atoms with Crippen LogP contribution in [0.1, 0.15) is 18.1 Å². The zero-order valence-electron chi connectivity index (χ0n) is 9.62. The number of hydrogen-bond acceptors (Lipinski definition) is 4. The molecule has 17 heavy (non-hydrogen) atoms. The quantitative estimate of drug-likeness (QED) is 0.801. The molecule has 0 aromatic heterocycles. The van der Waals surface area contributed by atoms with Crippen molar-refractivity contribution in [3.63, 3.8) is 0 Å². The standard InChI is InChI=1S/C12H12BrNO3/c1-3-17-11(15)6-8-4-5-10(16-2)9(7-14)12(8)13/h4-5H,3,6H2,1-2H3. The second-order valence-electron chi connectivity index (χ2n) is 3.21. The Kier molecular flexibility index (Phi) is 4.98. The van der Waals surface area contributed by atoms with Crippen LogP contribution in [-0.4, -0.2) is 19.7 Å². The molecule has 0 atom stereocenters. The van der Waals surface area contributed by atoms with E-state index in [1.807, 2.05) is 6.07 Å². The number of ether oxygens (including phenoxy) is 2. The van der Waals surface area contributed by atoms with Crippen molar-refractivity contribution in [2.24, 2.45) is 0 Å². The minimum absolute atomic E-state index is 0.132. The number of nitrogens with zero attached hydrogens (tertiary/aromatic N) is 1. The van der Waals surface area contributed by atoms with Gasteiger partial charge >= 0.3 is 5.97 Å². The van der Waals surface area contributed by atoms with Gasteiger partial charge in [-0.2, -0.15) is 5.26 Å². The molecule has 4 nitrogen and oxygen atoms in total. The lowest BCUT2D eigenvalue weighted by molar-refractivity contribution is -0.142. The van der Waals surface area contributed by atoms with Crippen molar-refractivity contribution in [2.45, 2.75) is 13.3 Å². The van der Waals surface area contributed by atoms with Gasteiger partial charge in [0.1, 0.15) is 17.4 Å². The van der Waals surface area contributed by atoms with Crippen molar-refractivity contribution in [1.82, 2.24) is 0 Å². The van der Waals surface area contributed by atoms with E-state index in [0.29, 0.717) is 28.0 Å². The van der Waals surface area contributed by atoms with E-state index in [0.717, 1.165) is 0 Å². The zero-order valence-corrected chi connectivity index (χ0v) is 11.2. The number of hydrogen-bond donors (Lipinski definition) is 0. The third-order valence-electron chi connectivity index (χ3n) is 2.16. The molecule has 90 valence electrons. The molecule has 0 saturated heterocycles. The van der Waals surface area contributed by atoms with Gasteiger partial charge in [0.15, 0.2) is 0 Å². The number of esters is 1. The van der Waals surface area contributed by atoms with Gasteiger partial charge in [-0.25, -0.2) is 0 Å². The molecule has 0 unspecified atom stereocenters. The molecule has 5 heteroatoms. The van der Waals surface area contributed by atoms with Crippen LogP contribution >= 0.6 is 15.9 Å². The van der Waals surface area contributed by atoms with Crippen LogP contribution in [0.15, 0.2) is 16.6 Å². The lowest BCUT2D eigenvalue weighted by Gasteiger charge is -2.09. The number of methoxy groups -OCH3 is 1. The normalized spacial score (nSPS) is 9.53. The Labute approximate surface area is 108 Å². The maximum Gasteiger partial charge on any atom is 0.310 e. The van der Waals surface area contributed by atoms with Crippen LogP contribution in [0.25, 0.3) is 0 Å². The molecule has 1 aromatic carbocycles. The van der Waals surface area contributed by atoms with Crippen LogP contribution in [-0.2, 0) is 16.0 Å². The molecular weight excluding hydrogens is 286 g/mol. The molecule has 0 heterocycles. The van der Waals surface area contributed by atoms with Gasteiger partial charge < -0.3 is 9.47 Å². The maximum absolute atomic E-state index is 11.4. The van der Waals surface area contributed by atoms with Crippen LogP contribution in [0.2, 0.25) is 0 Å². The van der Waals surface area contributed by atoms with Gasteiger partial charge in [-0.15, -0.1) is 0 Å². The van der Waals surface area contributed by atoms with E-state index in [9.17, 15) is 4.79 Å². The fourth-order valence-electron chi connectivity index (χ4n) is 1.38. The zero-order chi connectivity index (χ0) is 12.8. The summed E-state index contributed by atoms with van der Waals surface area (Å²) < 4.78 is 10.5. The lowest BCUT2D eigenvalue weighted by Crippen LogP contribution is -2.08. The summed E-state index contributed by atoms with van der Waals surface area (Å²) in [5, 5.41) is 9.02. The first-order chi connectivity index (χ1) is 8.13. The van der Waals surface area contributed by atoms with Crippen LogP contribution in [0.4, 0.5) is 0 Å². The minimum atomic E-state index is -0.317. The third-order valence-corrected chi connectivity index (χ3v) is 3.06. The molecule has 0 aliphatic carbocycles. The topological polar surface area (TPSA) is 59.3 Å². The number of halogens is 1. The summed E-state index contributed by atoms with van der Waals surface area (Å²) in [5.74, 6) is 0.161. The highest BCUT2D eigenvalue weighted by Crippen LogP contribution is 2.29. The Bertz CT molecular complexity index is 466. The molecular formula is C12H12BrNO3. The van der Waals surface area contributed by atoms with Crippen LogP contribution in [0.3, 0.4) is 0 Å². The number of nitriles is 1. The van der Waals surface area contributed by atoms with Gasteiger partial charge in [0.05, 0.1) is 20.1 Å². The third kappa shape index (κ3) is 3.21. The van der Waals surface area contributed by atoms with E-state index in [1.165, 1.54) is 7.11 Å². The Morgan fingerprint density at radius 3 is 2.76 bits per heavy atom. The number of benzene rings is 1. The monoisotopic (exact) mass is 297 g/mol. The minimum Gasteiger partial charge on any atom is -0.495 e. The predicted molar refractivity (Wildman–Crippen MR) is 65.7 cm³/mol. The van der Waals surface area contributed by atoms with Crippen molar-refractivity contribution < 1.29 is 14.3 Å².